The molecule has 13 nitrogen and oxygen atoms in total. The van der Waals surface area contributed by atoms with E-state index in [0.29, 0.717) is 82.4 Å². The Morgan fingerprint density at radius 1 is 0.783 bits per heavy atom. The monoisotopic (exact) mass is 948 g/mol. The van der Waals surface area contributed by atoms with Gasteiger partial charge in [0.15, 0.2) is 11.4 Å². The summed E-state index contributed by atoms with van der Waals surface area (Å²) in [5.41, 5.74) is 17.9. The van der Waals surface area contributed by atoms with E-state index in [1.165, 1.54) is 0 Å². The third kappa shape index (κ3) is 9.72. The smallest absolute Gasteiger partial charge is 0.340 e. The summed E-state index contributed by atoms with van der Waals surface area (Å²) < 4.78 is 15.3. The van der Waals surface area contributed by atoms with Crippen molar-refractivity contribution in [2.75, 3.05) is 36.0 Å². The number of fused-ring (bicyclic) bond motifs is 7. The lowest BCUT2D eigenvalue weighted by Gasteiger charge is -2.36. The molecule has 358 valence electrons. The van der Waals surface area contributed by atoms with Crippen molar-refractivity contribution < 1.29 is 33.4 Å². The van der Waals surface area contributed by atoms with Crippen LogP contribution in [-0.4, -0.2) is 53.7 Å². The van der Waals surface area contributed by atoms with Gasteiger partial charge in [-0.05, 0) is 136 Å². The van der Waals surface area contributed by atoms with Crippen LogP contribution in [0.25, 0.3) is 10.2 Å². The predicted molar refractivity (Wildman–Crippen MR) is 270 cm³/mol. The number of benzene rings is 4. The second-order valence-corrected chi connectivity index (χ2v) is 19.7. The number of nitrogen functional groups attached to an aromatic ring is 2. The Kier molecular flexibility index (Phi) is 13.9. The third-order valence-electron chi connectivity index (χ3n) is 14.0. The van der Waals surface area contributed by atoms with Crippen LogP contribution in [0.5, 0.6) is 11.5 Å². The van der Waals surface area contributed by atoms with E-state index in [2.05, 4.69) is 10.6 Å². The first-order valence-corrected chi connectivity index (χ1v) is 25.2. The van der Waals surface area contributed by atoms with Crippen LogP contribution in [0.1, 0.15) is 131 Å². The first kappa shape index (κ1) is 47.1. The summed E-state index contributed by atoms with van der Waals surface area (Å²) in [5, 5.41) is 8.19. The maximum atomic E-state index is 13.8. The maximum absolute atomic E-state index is 13.8. The van der Waals surface area contributed by atoms with Crippen LogP contribution in [-0.2, 0) is 26.5 Å². The summed E-state index contributed by atoms with van der Waals surface area (Å²) in [6.07, 6.45) is 9.34. The molecule has 6 aromatic rings. The molecular formula is C55H60N6O7S. The van der Waals surface area contributed by atoms with Gasteiger partial charge in [-0.1, -0.05) is 37.8 Å². The topological polar surface area (TPSA) is 188 Å². The number of unbranched alkanes of at least 4 members (excludes halogenated alkanes) is 5. The number of likely N-dealkylation sites (N-methyl/N-ethyl adjacent to an activating group) is 1. The number of ether oxygens (including phenoxy) is 2. The molecule has 1 saturated carbocycles. The minimum Gasteiger partial charge on any atom is -0.456 e. The fraction of sp³-hybridized carbons (Fsp3) is 0.364. The van der Waals surface area contributed by atoms with Gasteiger partial charge in [-0.15, -0.1) is 11.3 Å². The van der Waals surface area contributed by atoms with Gasteiger partial charge in [0.2, 0.25) is 11.8 Å². The molecule has 1 fully saturated rings. The molecule has 3 aliphatic rings. The zero-order valence-electron chi connectivity index (χ0n) is 39.3. The van der Waals surface area contributed by atoms with Gasteiger partial charge in [0.1, 0.15) is 18.0 Å². The summed E-state index contributed by atoms with van der Waals surface area (Å²) in [5.74, 6) is 0.431. The van der Waals surface area contributed by atoms with Crippen molar-refractivity contribution in [1.82, 2.24) is 15.2 Å². The summed E-state index contributed by atoms with van der Waals surface area (Å²) in [6.45, 7) is 5.76. The fourth-order valence-corrected chi connectivity index (χ4v) is 11.2. The summed E-state index contributed by atoms with van der Waals surface area (Å²) in [6, 6.07) is 27.3. The highest BCUT2D eigenvalue weighted by Crippen LogP contribution is 2.56. The van der Waals surface area contributed by atoms with Gasteiger partial charge in [-0.3, -0.25) is 19.2 Å². The number of nitrogens with two attached hydrogens (primary N) is 2. The van der Waals surface area contributed by atoms with Gasteiger partial charge in [0.25, 0.3) is 5.91 Å². The van der Waals surface area contributed by atoms with Crippen molar-refractivity contribution in [2.45, 2.75) is 96.6 Å². The Balaban J connectivity index is 0.678. The van der Waals surface area contributed by atoms with Gasteiger partial charge in [0.05, 0.1) is 21.5 Å². The number of carbonyl (C=O) groups is 5. The van der Waals surface area contributed by atoms with Crippen LogP contribution < -0.4 is 31.7 Å². The molecule has 3 amide bonds. The van der Waals surface area contributed by atoms with Crippen molar-refractivity contribution in [2.24, 2.45) is 11.8 Å². The zero-order valence-corrected chi connectivity index (χ0v) is 40.1. The SMILES string of the molecule is CCN(C(=O)Cn1c(C(=O)CC2CCC(C(=O)NCCCCCCCCNC(=O)c3ccc4c(c3)C3(OC4=O)c4ccc(N)cc4Oc4cc(N)ccc43)CC2)cc2sccc21)c1cccc(C)c1. The molecule has 9 rings (SSSR count). The van der Waals surface area contributed by atoms with Gasteiger partial charge < -0.3 is 41.0 Å². The number of nitrogens with zero attached hydrogens (tertiary/aromatic N) is 2. The second kappa shape index (κ2) is 20.3. The minimum atomic E-state index is -1.34. The molecule has 0 saturated heterocycles. The van der Waals surface area contributed by atoms with Crippen LogP contribution in [0.15, 0.2) is 96.4 Å². The summed E-state index contributed by atoms with van der Waals surface area (Å²) >= 11 is 1.58. The lowest BCUT2D eigenvalue weighted by atomic mass is 9.77. The number of aryl methyl sites for hydroxylation is 1. The van der Waals surface area contributed by atoms with Crippen LogP contribution in [0, 0.1) is 18.8 Å². The van der Waals surface area contributed by atoms with E-state index in [0.717, 1.165) is 85.7 Å². The first-order valence-electron chi connectivity index (χ1n) is 24.3. The Morgan fingerprint density at radius 3 is 2.14 bits per heavy atom. The number of ketones is 1. The van der Waals surface area contributed by atoms with Gasteiger partial charge in [-0.25, -0.2) is 4.79 Å². The van der Waals surface area contributed by atoms with E-state index in [9.17, 15) is 24.0 Å². The van der Waals surface area contributed by atoms with Crippen molar-refractivity contribution in [1.29, 1.82) is 0 Å². The molecule has 0 radical (unpaired) electrons. The van der Waals surface area contributed by atoms with E-state index in [1.807, 2.05) is 60.2 Å². The molecule has 1 aliphatic carbocycles. The molecule has 2 aromatic heterocycles. The van der Waals surface area contributed by atoms with Crippen LogP contribution in [0.4, 0.5) is 17.1 Å². The number of thiophene rings is 1. The number of carbonyl (C=O) groups excluding carboxylic acids is 5. The van der Waals surface area contributed by atoms with E-state index >= 15 is 0 Å². The van der Waals surface area contributed by atoms with Crippen LogP contribution >= 0.6 is 11.3 Å². The number of hydrogen-bond acceptors (Lipinski definition) is 10. The zero-order chi connectivity index (χ0) is 48.2. The molecule has 0 bridgehead atoms. The number of hydrogen-bond donors (Lipinski definition) is 4. The molecule has 2 aliphatic heterocycles. The fourth-order valence-electron chi connectivity index (χ4n) is 10.4. The molecule has 0 atom stereocenters. The number of aromatic nitrogens is 1. The number of nitrogens with one attached hydrogen (secondary N) is 2. The Hall–Kier alpha value is -6.93. The predicted octanol–water partition coefficient (Wildman–Crippen LogP) is 10.1. The number of Topliss-reactive ketones (excluding diaryl/α,β-unsaturated/α-hetero) is 1. The minimum absolute atomic E-state index is 0.0381. The third-order valence-corrected chi connectivity index (χ3v) is 14.9. The average Bonchev–Trinajstić information content (AvgIpc) is 4.02. The molecule has 6 N–H and O–H groups in total. The van der Waals surface area contributed by atoms with Gasteiger partial charge in [0, 0.05) is 83.4 Å². The normalized spacial score (nSPS) is 16.5. The number of esters is 1. The van der Waals surface area contributed by atoms with E-state index in [4.69, 9.17) is 20.9 Å². The van der Waals surface area contributed by atoms with Crippen molar-refractivity contribution in [3.05, 3.63) is 135 Å². The molecule has 69 heavy (non-hydrogen) atoms. The molecule has 4 heterocycles. The lowest BCUT2D eigenvalue weighted by Crippen LogP contribution is -2.35. The molecule has 14 heteroatoms. The number of amides is 3. The van der Waals surface area contributed by atoms with Crippen LogP contribution in [0.2, 0.25) is 0 Å². The largest absolute Gasteiger partial charge is 0.456 e. The molecule has 0 unspecified atom stereocenters. The maximum Gasteiger partial charge on any atom is 0.340 e. The van der Waals surface area contributed by atoms with Crippen LogP contribution in [0.3, 0.4) is 0 Å². The summed E-state index contributed by atoms with van der Waals surface area (Å²) in [4.78, 5) is 69.2. The average molecular weight is 949 g/mol. The standard InChI is InChI=1S/C55H60N6O7S/c1-3-60(40-12-10-11-34(2)27-40)51(63)33-61-45-23-26-69-50(45)32-46(61)47(62)28-35-13-15-36(16-14-35)52(64)58-24-8-6-4-5-7-9-25-59-53(65)37-17-20-41-44(29-37)55(68-54(41)66)42-21-18-38(56)30-48(42)67-49-31-39(57)19-22-43(49)55/h10-12,17-23,26-27,29-32,35-36H,3-9,13-16,24-25,28,33,56-57H2,1-2H3,(H,58,64)(H,59,65). The lowest BCUT2D eigenvalue weighted by molar-refractivity contribution is -0.126. The molecule has 1 spiro atoms. The Labute approximate surface area is 406 Å². The van der Waals surface area contributed by atoms with Gasteiger partial charge in [-0.2, -0.15) is 0 Å². The quantitative estimate of drug-likeness (QED) is 0.0281. The second-order valence-electron chi connectivity index (χ2n) is 18.7. The Morgan fingerprint density at radius 2 is 1.46 bits per heavy atom. The van der Waals surface area contributed by atoms with E-state index in [-0.39, 0.29) is 41.9 Å². The molecular weight excluding hydrogens is 889 g/mol. The molecule has 4 aromatic carbocycles. The number of rotatable bonds is 18. The van der Waals surface area contributed by atoms with E-state index in [1.54, 1.807) is 70.8 Å². The van der Waals surface area contributed by atoms with Crippen molar-refractivity contribution in [3.8, 4) is 11.5 Å². The van der Waals surface area contributed by atoms with Crippen molar-refractivity contribution in [3.63, 3.8) is 0 Å². The Bertz CT molecular complexity index is 2880. The van der Waals surface area contributed by atoms with Gasteiger partial charge >= 0.3 is 5.97 Å². The van der Waals surface area contributed by atoms with E-state index < -0.39 is 11.6 Å². The summed E-state index contributed by atoms with van der Waals surface area (Å²) in [7, 11) is 0. The highest BCUT2D eigenvalue weighted by Gasteiger charge is 2.54. The number of anilines is 3. The van der Waals surface area contributed by atoms with Crippen molar-refractivity contribution >= 4 is 68.1 Å². The highest BCUT2D eigenvalue weighted by atomic mass is 32.1. The highest BCUT2D eigenvalue weighted by molar-refractivity contribution is 7.17. The first-order chi connectivity index (χ1) is 33.4.